The first-order valence-corrected chi connectivity index (χ1v) is 7.59. The zero-order valence-corrected chi connectivity index (χ0v) is 12.6. The number of nitrogens with zero attached hydrogens (tertiary/aromatic N) is 2. The highest BCUT2D eigenvalue weighted by Crippen LogP contribution is 2.23. The number of rotatable bonds is 4. The highest BCUT2D eigenvalue weighted by Gasteiger charge is 2.20. The van der Waals surface area contributed by atoms with Gasteiger partial charge in [-0.1, -0.05) is 17.3 Å². The molecule has 2 aromatic heterocycles. The molecule has 5 nitrogen and oxygen atoms in total. The fraction of sp³-hybridized carbons (Fsp3) is 0.353. The predicted molar refractivity (Wildman–Crippen MR) is 83.3 cm³/mol. The molecule has 4 rings (SSSR count). The number of hydrogen-bond acceptors (Lipinski definition) is 4. The number of ether oxygens (including phenoxy) is 1. The zero-order valence-electron chi connectivity index (χ0n) is 12.6. The average Bonchev–Trinajstić information content (AvgIpc) is 3.15. The van der Waals surface area contributed by atoms with E-state index < -0.39 is 0 Å². The van der Waals surface area contributed by atoms with Gasteiger partial charge < -0.3 is 14.2 Å². The molecule has 0 spiro atoms. The van der Waals surface area contributed by atoms with Crippen LogP contribution in [0.2, 0.25) is 0 Å². The van der Waals surface area contributed by atoms with Crippen molar-refractivity contribution in [2.24, 2.45) is 0 Å². The fourth-order valence-corrected chi connectivity index (χ4v) is 3.10. The van der Waals surface area contributed by atoms with Crippen LogP contribution in [0.5, 0.6) is 0 Å². The van der Waals surface area contributed by atoms with Crippen molar-refractivity contribution in [2.75, 3.05) is 13.7 Å². The van der Waals surface area contributed by atoms with Gasteiger partial charge in [0, 0.05) is 42.2 Å². The van der Waals surface area contributed by atoms with Gasteiger partial charge in [-0.25, -0.2) is 0 Å². The summed E-state index contributed by atoms with van der Waals surface area (Å²) in [4.78, 5) is 5.52. The van der Waals surface area contributed by atoms with Crippen LogP contribution in [0.25, 0.3) is 10.9 Å². The molecule has 0 saturated heterocycles. The van der Waals surface area contributed by atoms with Crippen LogP contribution in [-0.2, 0) is 30.9 Å². The molecule has 0 bridgehead atoms. The molecule has 0 fully saturated rings. The minimum Gasteiger partial charge on any atom is -0.376 e. The molecular weight excluding hydrogens is 278 g/mol. The summed E-state index contributed by atoms with van der Waals surface area (Å²) in [7, 11) is 2.11. The molecule has 0 amide bonds. The summed E-state index contributed by atoms with van der Waals surface area (Å²) in [6.07, 6.45) is 2.81. The van der Waals surface area contributed by atoms with Gasteiger partial charge in [-0.15, -0.1) is 0 Å². The van der Waals surface area contributed by atoms with Crippen molar-refractivity contribution in [2.45, 2.75) is 26.1 Å². The minimum absolute atomic E-state index is 0.620. The third-order valence-corrected chi connectivity index (χ3v) is 4.22. The van der Waals surface area contributed by atoms with E-state index in [1.807, 2.05) is 6.20 Å². The largest absolute Gasteiger partial charge is 0.376 e. The van der Waals surface area contributed by atoms with Crippen LogP contribution in [0.1, 0.15) is 22.6 Å². The van der Waals surface area contributed by atoms with E-state index in [1.54, 1.807) is 0 Å². The third-order valence-electron chi connectivity index (χ3n) is 4.22. The molecular formula is C17H19N3O2. The number of nitrogens with one attached hydrogen (secondary N) is 1. The van der Waals surface area contributed by atoms with Crippen LogP contribution in [0, 0.1) is 0 Å². The smallest absolute Gasteiger partial charge is 0.144 e. The third kappa shape index (κ3) is 2.42. The molecule has 0 radical (unpaired) electrons. The lowest BCUT2D eigenvalue weighted by atomic mass is 10.1. The van der Waals surface area contributed by atoms with Crippen molar-refractivity contribution in [3.8, 4) is 0 Å². The van der Waals surface area contributed by atoms with E-state index >= 15 is 0 Å². The Labute approximate surface area is 128 Å². The minimum atomic E-state index is 0.620. The van der Waals surface area contributed by atoms with E-state index in [-0.39, 0.29) is 0 Å². The van der Waals surface area contributed by atoms with Gasteiger partial charge in [0.25, 0.3) is 0 Å². The molecule has 3 heterocycles. The summed E-state index contributed by atoms with van der Waals surface area (Å²) in [6, 6.07) is 8.50. The predicted octanol–water partition coefficient (Wildman–Crippen LogP) is 2.86. The number of aromatic amines is 1. The topological polar surface area (TPSA) is 54.3 Å². The van der Waals surface area contributed by atoms with Gasteiger partial charge in [-0.3, -0.25) is 4.90 Å². The maximum Gasteiger partial charge on any atom is 0.144 e. The molecule has 3 aromatic rings. The summed E-state index contributed by atoms with van der Waals surface area (Å²) < 4.78 is 11.0. The number of aromatic nitrogens is 2. The molecule has 22 heavy (non-hydrogen) atoms. The van der Waals surface area contributed by atoms with Crippen LogP contribution < -0.4 is 0 Å². The lowest BCUT2D eigenvalue weighted by Crippen LogP contribution is -2.19. The first-order valence-electron chi connectivity index (χ1n) is 7.59. The van der Waals surface area contributed by atoms with Crippen LogP contribution in [0.4, 0.5) is 0 Å². The summed E-state index contributed by atoms with van der Waals surface area (Å²) in [6.45, 7) is 2.99. The molecule has 0 unspecified atom stereocenters. The quantitative estimate of drug-likeness (QED) is 0.804. The van der Waals surface area contributed by atoms with Crippen LogP contribution >= 0.6 is 0 Å². The maximum atomic E-state index is 5.52. The lowest BCUT2D eigenvalue weighted by molar-refractivity contribution is 0.102. The summed E-state index contributed by atoms with van der Waals surface area (Å²) in [5.74, 6) is 0.988. The second-order valence-electron chi connectivity index (χ2n) is 5.86. The van der Waals surface area contributed by atoms with Gasteiger partial charge in [0.2, 0.25) is 0 Å². The molecule has 114 valence electrons. The second kappa shape index (κ2) is 5.59. The second-order valence-corrected chi connectivity index (χ2v) is 5.86. The standard InChI is InChI=1S/C17H19N3O2/c1-20(9-12-3-2-4-15-13(12)5-7-18-15)10-16-14-11-21-8-6-17(14)22-19-16/h2-5,7,18H,6,8-11H2,1H3. The average molecular weight is 297 g/mol. The van der Waals surface area contributed by atoms with Crippen molar-refractivity contribution >= 4 is 10.9 Å². The number of H-pyrrole nitrogens is 1. The van der Waals surface area contributed by atoms with Crippen LogP contribution in [0.15, 0.2) is 35.0 Å². The number of hydrogen-bond donors (Lipinski definition) is 1. The molecule has 5 heteroatoms. The molecule has 1 aromatic carbocycles. The van der Waals surface area contributed by atoms with E-state index in [0.29, 0.717) is 6.61 Å². The van der Waals surface area contributed by atoms with E-state index in [0.717, 1.165) is 43.1 Å². The SMILES string of the molecule is CN(Cc1noc2c1COCC2)Cc1cccc2[nH]ccc12. The van der Waals surface area contributed by atoms with Crippen molar-refractivity contribution in [3.05, 3.63) is 53.0 Å². The zero-order chi connectivity index (χ0) is 14.9. The first kappa shape index (κ1) is 13.5. The Morgan fingerprint density at radius 1 is 1.27 bits per heavy atom. The Bertz CT molecular complexity index is 790. The van der Waals surface area contributed by atoms with Gasteiger partial charge in [0.05, 0.1) is 13.2 Å². The summed E-state index contributed by atoms with van der Waals surface area (Å²) >= 11 is 0. The molecule has 0 saturated carbocycles. The Hall–Kier alpha value is -2.11. The highest BCUT2D eigenvalue weighted by molar-refractivity contribution is 5.82. The van der Waals surface area contributed by atoms with Crippen LogP contribution in [0.3, 0.4) is 0 Å². The molecule has 1 aliphatic heterocycles. The van der Waals surface area contributed by atoms with E-state index in [2.05, 4.69) is 46.4 Å². The monoisotopic (exact) mass is 297 g/mol. The maximum absolute atomic E-state index is 5.52. The van der Waals surface area contributed by atoms with Crippen molar-refractivity contribution in [1.29, 1.82) is 0 Å². The van der Waals surface area contributed by atoms with Gasteiger partial charge in [-0.05, 0) is 24.7 Å². The molecule has 0 atom stereocenters. The van der Waals surface area contributed by atoms with E-state index in [1.165, 1.54) is 16.5 Å². The fourth-order valence-electron chi connectivity index (χ4n) is 3.10. The molecule has 0 aliphatic carbocycles. The van der Waals surface area contributed by atoms with Crippen LogP contribution in [-0.4, -0.2) is 28.7 Å². The first-order chi connectivity index (χ1) is 10.8. The number of benzene rings is 1. The van der Waals surface area contributed by atoms with Gasteiger partial charge in [-0.2, -0.15) is 0 Å². The van der Waals surface area contributed by atoms with E-state index in [4.69, 9.17) is 9.26 Å². The molecule has 1 N–H and O–H groups in total. The molecule has 1 aliphatic rings. The normalized spacial score (nSPS) is 14.6. The Kier molecular flexibility index (Phi) is 3.44. The summed E-state index contributed by atoms with van der Waals surface area (Å²) in [5, 5.41) is 5.51. The Balaban J connectivity index is 1.52. The van der Waals surface area contributed by atoms with Gasteiger partial charge >= 0.3 is 0 Å². The van der Waals surface area contributed by atoms with E-state index in [9.17, 15) is 0 Å². The number of fused-ring (bicyclic) bond motifs is 2. The highest BCUT2D eigenvalue weighted by atomic mass is 16.5. The summed E-state index contributed by atoms with van der Waals surface area (Å²) in [5.41, 5.74) is 4.63. The van der Waals surface area contributed by atoms with Gasteiger partial charge in [0.1, 0.15) is 11.5 Å². The van der Waals surface area contributed by atoms with Gasteiger partial charge in [0.15, 0.2) is 0 Å². The van der Waals surface area contributed by atoms with Crippen molar-refractivity contribution < 1.29 is 9.26 Å². The Morgan fingerprint density at radius 2 is 2.23 bits per heavy atom. The van der Waals surface area contributed by atoms with Crippen molar-refractivity contribution in [3.63, 3.8) is 0 Å². The lowest BCUT2D eigenvalue weighted by Gasteiger charge is -2.17. The van der Waals surface area contributed by atoms with Crippen molar-refractivity contribution in [1.82, 2.24) is 15.0 Å². The Morgan fingerprint density at radius 3 is 3.18 bits per heavy atom.